The first-order valence-electron chi connectivity index (χ1n) is 41.8. The average Bonchev–Trinajstić information content (AvgIpc) is 1.61. The van der Waals surface area contributed by atoms with Gasteiger partial charge in [0, 0.05) is 64.0 Å². The standard InChI is InChI=1S/2C18H23N3O2.2C18H22N2O2S.C17H23N3O2/c1-11-18(2,14-9-12-5-6-13(14)8-12)17(23)21(20-11)10-16(22)15-4-3-7-19-15;1-13-18(2,15-6-4-3-5-7-15)17(23)21(20-13)12-16(22)14-8-10-19-11-9-14;2*1-11-18(2,15-8-12-3-4-13(15)7-12)17(22)20(19-11)9-16(21)14-5-6-23-10-14;1-12-17(2,14-6-4-3-5-7-14)16(22)20(19-12)11-15(21)13-8-9-18-10-13/h3-4,7,12-14,19H,5-6,8-10H2,1-2H3;8-11,15H,3-7,12H2,1-2H3;2*5-6,10,12-13,15H,3-4,7-9H2,1-2H3;8-10,14,18H,3-7,11H2,1-2H3/t12-,13+,14+,18?;;12-,13+,15+,18?;12-,13+,15-,18?;/m0.00./s1. The van der Waals surface area contributed by atoms with Crippen LogP contribution in [0, 0.1) is 92.2 Å². The number of H-pyrrole nitrogens is 2. The largest absolute Gasteiger partial charge is 0.367 e. The summed E-state index contributed by atoms with van der Waals surface area (Å²) in [6.45, 7) is 20.0. The highest BCUT2D eigenvalue weighted by molar-refractivity contribution is 7.08. The number of carbonyl (C=O) groups is 10. The number of thiophene rings is 2. The third kappa shape index (κ3) is 15.4. The second kappa shape index (κ2) is 33.4. The van der Waals surface area contributed by atoms with E-state index in [-0.39, 0.29) is 91.2 Å². The van der Waals surface area contributed by atoms with Gasteiger partial charge in [-0.1, -0.05) is 57.8 Å². The van der Waals surface area contributed by atoms with Crippen LogP contribution in [0.5, 0.6) is 0 Å². The minimum absolute atomic E-state index is 0.00248. The van der Waals surface area contributed by atoms with Gasteiger partial charge in [-0.25, -0.2) is 25.0 Å². The molecule has 14 atom stereocenters. The predicted molar refractivity (Wildman–Crippen MR) is 441 cm³/mol. The highest BCUT2D eigenvalue weighted by atomic mass is 32.1. The number of fused-ring (bicyclic) bond motifs is 6. The minimum atomic E-state index is -0.543. The van der Waals surface area contributed by atoms with E-state index in [0.29, 0.717) is 75.3 Å². The lowest BCUT2D eigenvalue weighted by Gasteiger charge is -2.35. The first kappa shape index (κ1) is 81.7. The van der Waals surface area contributed by atoms with Gasteiger partial charge < -0.3 is 9.97 Å². The Bertz CT molecular complexity index is 4340. The van der Waals surface area contributed by atoms with Gasteiger partial charge in [-0.15, -0.1) is 0 Å². The number of rotatable bonds is 20. The summed E-state index contributed by atoms with van der Waals surface area (Å²) in [6.07, 6.45) is 34.7. The topological polar surface area (TPSA) is 293 Å². The molecule has 5 aromatic heterocycles. The number of hydrogen-bond acceptors (Lipinski definition) is 18. The van der Waals surface area contributed by atoms with Crippen LogP contribution in [0.15, 0.2) is 120 Å². The molecule has 5 aliphatic heterocycles. The molecule has 5 amide bonds. The zero-order chi connectivity index (χ0) is 80.8. The SMILES string of the molecule is CC1=NN(CC(=O)c2cc[nH]c2)C(=O)C1(C)C1CCCCC1.CC1=NN(CC(=O)c2ccc[nH]2)C(=O)C1(C)[C@@H]1C[C@H]2CC[C@@H]1C2.CC1=NN(CC(=O)c2ccncc2)C(=O)C1(C)C1CCCCC1.CC1=NN(CC(=O)c2ccsc2)C(=O)C1(C)[C@@H]1C[C@H]2CC[C@@H]1C2.CC1=NN(CC(=O)c2ccsc2)C(=O)C1(C)[C@H]1C[C@H]2CC[C@@H]1C2. The number of aromatic amines is 2. The van der Waals surface area contributed by atoms with E-state index in [1.165, 1.54) is 144 Å². The lowest BCUT2D eigenvalue weighted by molar-refractivity contribution is -0.138. The Morgan fingerprint density at radius 2 is 0.728 bits per heavy atom. The smallest absolute Gasteiger partial charge is 0.255 e. The Labute approximate surface area is 677 Å². The number of amides is 5. The number of nitrogens with zero attached hydrogens (tertiary/aromatic N) is 11. The summed E-state index contributed by atoms with van der Waals surface area (Å²) in [4.78, 5) is 136. The number of nitrogens with one attached hydrogen (secondary N) is 2. The fourth-order valence-corrected chi connectivity index (χ4v) is 23.6. The number of hydrazone groups is 5. The molecule has 25 heteroatoms. The predicted octanol–water partition coefficient (Wildman–Crippen LogP) is 16.1. The van der Waals surface area contributed by atoms with Crippen LogP contribution in [-0.2, 0) is 24.0 Å². The van der Waals surface area contributed by atoms with E-state index in [4.69, 9.17) is 0 Å². The zero-order valence-corrected chi connectivity index (χ0v) is 69.6. The lowest BCUT2D eigenvalue weighted by Crippen LogP contribution is -2.45. The molecule has 5 aromatic rings. The molecule has 0 saturated heterocycles. The maximum absolute atomic E-state index is 13.1. The maximum atomic E-state index is 13.1. The van der Waals surface area contributed by atoms with Gasteiger partial charge in [-0.05, 0) is 271 Å². The monoisotopic (exact) mass is 1590 g/mol. The van der Waals surface area contributed by atoms with Crippen LogP contribution >= 0.6 is 22.7 Å². The van der Waals surface area contributed by atoms with E-state index in [1.807, 2.05) is 76.9 Å². The molecule has 13 aliphatic rings. The summed E-state index contributed by atoms with van der Waals surface area (Å²) in [6, 6.07) is 12.2. The van der Waals surface area contributed by atoms with Crippen molar-refractivity contribution in [2.45, 2.75) is 210 Å². The Morgan fingerprint density at radius 1 is 0.386 bits per heavy atom. The third-order valence-electron chi connectivity index (χ3n) is 29.8. The van der Waals surface area contributed by atoms with E-state index in [0.717, 1.165) is 91.3 Å². The Hall–Kier alpha value is -8.84. The van der Waals surface area contributed by atoms with Crippen LogP contribution in [0.2, 0.25) is 0 Å². The fraction of sp³-hybridized carbons (Fsp3) is 0.596. The van der Waals surface area contributed by atoms with Crippen molar-refractivity contribution in [3.8, 4) is 0 Å². The van der Waals surface area contributed by atoms with Crippen molar-refractivity contribution >= 4 is 110 Å². The quantitative estimate of drug-likeness (QED) is 0.0690. The van der Waals surface area contributed by atoms with Crippen LogP contribution in [0.3, 0.4) is 0 Å². The molecule has 606 valence electrons. The first-order valence-corrected chi connectivity index (χ1v) is 43.7. The summed E-state index contributed by atoms with van der Waals surface area (Å²) < 4.78 is 0. The minimum Gasteiger partial charge on any atom is -0.367 e. The lowest BCUT2D eigenvalue weighted by atomic mass is 9.66. The van der Waals surface area contributed by atoms with Gasteiger partial charge in [0.1, 0.15) is 32.7 Å². The highest BCUT2D eigenvalue weighted by Crippen LogP contribution is 2.60. The van der Waals surface area contributed by atoms with Gasteiger partial charge in [-0.2, -0.15) is 48.2 Å². The van der Waals surface area contributed by atoms with Crippen LogP contribution in [0.25, 0.3) is 0 Å². The highest BCUT2D eigenvalue weighted by Gasteiger charge is 2.61. The molecule has 114 heavy (non-hydrogen) atoms. The Balaban J connectivity index is 0.000000118. The Morgan fingerprint density at radius 3 is 1.04 bits per heavy atom. The van der Waals surface area contributed by atoms with Gasteiger partial charge in [0.2, 0.25) is 5.78 Å². The summed E-state index contributed by atoms with van der Waals surface area (Å²) in [5, 5.41) is 36.7. The molecule has 6 bridgehead atoms. The molecule has 18 rings (SSSR count). The number of ketones is 5. The van der Waals surface area contributed by atoms with E-state index in [1.54, 1.807) is 73.4 Å². The van der Waals surface area contributed by atoms with Crippen molar-refractivity contribution in [2.75, 3.05) is 32.7 Å². The molecule has 8 fully saturated rings. The summed E-state index contributed by atoms with van der Waals surface area (Å²) in [7, 11) is 0. The molecule has 23 nitrogen and oxygen atoms in total. The van der Waals surface area contributed by atoms with Gasteiger partial charge >= 0.3 is 0 Å². The molecular weight excluding hydrogens is 1480 g/mol. The zero-order valence-electron chi connectivity index (χ0n) is 68.0. The van der Waals surface area contributed by atoms with E-state index in [2.05, 4.69) is 54.3 Å². The molecule has 0 spiro atoms. The van der Waals surface area contributed by atoms with E-state index < -0.39 is 27.1 Å². The van der Waals surface area contributed by atoms with Crippen molar-refractivity contribution in [3.63, 3.8) is 0 Å². The second-order valence-electron chi connectivity index (χ2n) is 35.8. The first-order chi connectivity index (χ1) is 54.6. The van der Waals surface area contributed by atoms with Gasteiger partial charge in [0.05, 0.1) is 61.3 Å². The Kier molecular flexibility index (Phi) is 23.9. The molecule has 0 aromatic carbocycles. The average molecular weight is 1590 g/mol. The number of Topliss-reactive ketones (excluding diaryl/α,β-unsaturated/α-hetero) is 5. The molecule has 5 unspecified atom stereocenters. The fourth-order valence-electron chi connectivity index (χ4n) is 22.3. The third-order valence-corrected chi connectivity index (χ3v) is 31.1. The van der Waals surface area contributed by atoms with Crippen LogP contribution < -0.4 is 0 Å². The molecule has 10 heterocycles. The maximum Gasteiger partial charge on any atom is 0.255 e. The number of hydrogen-bond donors (Lipinski definition) is 2. The van der Waals surface area contributed by atoms with Crippen molar-refractivity contribution in [1.82, 2.24) is 40.0 Å². The molecule has 2 N–H and O–H groups in total. The van der Waals surface area contributed by atoms with Crippen molar-refractivity contribution in [2.24, 2.45) is 118 Å². The van der Waals surface area contributed by atoms with Crippen LogP contribution in [0.1, 0.15) is 262 Å². The number of carbonyl (C=O) groups excluding carboxylic acids is 10. The molecule has 8 aliphatic carbocycles. The van der Waals surface area contributed by atoms with Gasteiger partial charge in [-0.3, -0.25) is 52.9 Å². The van der Waals surface area contributed by atoms with E-state index >= 15 is 0 Å². The molecular formula is C89H113N13O10S2. The van der Waals surface area contributed by atoms with Crippen molar-refractivity contribution in [3.05, 3.63) is 123 Å². The molecule has 0 radical (unpaired) electrons. The summed E-state index contributed by atoms with van der Waals surface area (Å²) in [5.74, 6) is 5.90. The number of aromatic nitrogens is 3. The van der Waals surface area contributed by atoms with Crippen LogP contribution in [0.4, 0.5) is 0 Å². The van der Waals surface area contributed by atoms with E-state index in [9.17, 15) is 47.9 Å². The summed E-state index contributed by atoms with van der Waals surface area (Å²) >= 11 is 2.99. The van der Waals surface area contributed by atoms with Gasteiger partial charge in [0.15, 0.2) is 23.1 Å². The normalized spacial score (nSPS) is 32.0. The van der Waals surface area contributed by atoms with Gasteiger partial charge in [0.25, 0.3) is 29.5 Å². The second-order valence-corrected chi connectivity index (χ2v) is 37.4. The van der Waals surface area contributed by atoms with Crippen LogP contribution in [-0.4, -0.2) is 160 Å². The number of pyridine rings is 1. The van der Waals surface area contributed by atoms with Crippen molar-refractivity contribution < 1.29 is 47.9 Å². The van der Waals surface area contributed by atoms with Crippen molar-refractivity contribution in [1.29, 1.82) is 0 Å². The molecule has 8 saturated carbocycles. The summed E-state index contributed by atoms with van der Waals surface area (Å²) in [5.41, 5.74) is 4.77.